The van der Waals surface area contributed by atoms with Crippen molar-refractivity contribution < 1.29 is 19.1 Å². The predicted molar refractivity (Wildman–Crippen MR) is 103 cm³/mol. The molecule has 4 rings (SSSR count). The van der Waals surface area contributed by atoms with E-state index in [2.05, 4.69) is 4.98 Å². The Hall–Kier alpha value is -3.67. The molecule has 1 aliphatic rings. The van der Waals surface area contributed by atoms with Crippen molar-refractivity contribution in [2.45, 2.75) is 19.9 Å². The quantitative estimate of drug-likeness (QED) is 0.696. The number of aryl methyl sites for hydroxylation is 2. The number of aliphatic hydroxyl groups is 1. The van der Waals surface area contributed by atoms with Crippen LogP contribution in [0.1, 0.15) is 33.4 Å². The zero-order chi connectivity index (χ0) is 19.8. The van der Waals surface area contributed by atoms with E-state index in [9.17, 15) is 14.7 Å². The van der Waals surface area contributed by atoms with Gasteiger partial charge < -0.3 is 9.52 Å². The zero-order valence-corrected chi connectivity index (χ0v) is 15.4. The lowest BCUT2D eigenvalue weighted by Crippen LogP contribution is -2.31. The van der Waals surface area contributed by atoms with Gasteiger partial charge in [-0.25, -0.2) is 0 Å². The SMILES string of the molecule is Cc1ccc(N2C(=O)C(O)=C(C(=O)c3ccco3)C2c2ccccn2)cc1C. The highest BCUT2D eigenvalue weighted by Gasteiger charge is 2.45. The maximum Gasteiger partial charge on any atom is 0.294 e. The molecule has 3 aromatic rings. The molecule has 1 N–H and O–H groups in total. The Morgan fingerprint density at radius 2 is 1.93 bits per heavy atom. The number of aromatic nitrogens is 1. The first-order valence-electron chi connectivity index (χ1n) is 8.82. The van der Waals surface area contributed by atoms with Crippen molar-refractivity contribution in [3.05, 3.63) is 94.9 Å². The molecule has 1 atom stereocenters. The van der Waals surface area contributed by atoms with Crippen LogP contribution in [0.5, 0.6) is 0 Å². The number of furan rings is 1. The average molecular weight is 374 g/mol. The smallest absolute Gasteiger partial charge is 0.294 e. The van der Waals surface area contributed by atoms with E-state index in [1.807, 2.05) is 26.0 Å². The van der Waals surface area contributed by atoms with E-state index < -0.39 is 23.5 Å². The Morgan fingerprint density at radius 1 is 1.11 bits per heavy atom. The van der Waals surface area contributed by atoms with E-state index in [4.69, 9.17) is 4.42 Å². The topological polar surface area (TPSA) is 83.6 Å². The molecule has 1 unspecified atom stereocenters. The Morgan fingerprint density at radius 3 is 2.57 bits per heavy atom. The fourth-order valence-electron chi connectivity index (χ4n) is 3.34. The number of anilines is 1. The number of benzene rings is 1. The third-order valence-electron chi connectivity index (χ3n) is 4.93. The molecular formula is C22H18N2O4. The third kappa shape index (κ3) is 2.79. The van der Waals surface area contributed by atoms with Crippen LogP contribution in [-0.4, -0.2) is 21.8 Å². The summed E-state index contributed by atoms with van der Waals surface area (Å²) in [6.07, 6.45) is 2.96. The van der Waals surface area contributed by atoms with Gasteiger partial charge in [-0.2, -0.15) is 0 Å². The molecule has 6 nitrogen and oxygen atoms in total. The van der Waals surface area contributed by atoms with Gasteiger partial charge in [-0.3, -0.25) is 19.5 Å². The molecule has 0 spiro atoms. The molecule has 140 valence electrons. The Balaban J connectivity index is 1.89. The molecule has 0 radical (unpaired) electrons. The molecule has 28 heavy (non-hydrogen) atoms. The van der Waals surface area contributed by atoms with Gasteiger partial charge in [0, 0.05) is 11.9 Å². The van der Waals surface area contributed by atoms with E-state index in [1.54, 1.807) is 36.5 Å². The molecule has 0 saturated heterocycles. The lowest BCUT2D eigenvalue weighted by atomic mass is 9.98. The zero-order valence-electron chi connectivity index (χ0n) is 15.4. The number of carbonyl (C=O) groups excluding carboxylic acids is 2. The fourth-order valence-corrected chi connectivity index (χ4v) is 3.34. The van der Waals surface area contributed by atoms with Crippen molar-refractivity contribution in [1.82, 2.24) is 4.98 Å². The van der Waals surface area contributed by atoms with Crippen LogP contribution in [0.3, 0.4) is 0 Å². The van der Waals surface area contributed by atoms with Gasteiger partial charge in [0.2, 0.25) is 5.78 Å². The van der Waals surface area contributed by atoms with Gasteiger partial charge in [0.05, 0.1) is 17.5 Å². The maximum absolute atomic E-state index is 13.0. The van der Waals surface area contributed by atoms with Gasteiger partial charge in [-0.05, 0) is 61.4 Å². The predicted octanol–water partition coefficient (Wildman–Crippen LogP) is 4.07. The van der Waals surface area contributed by atoms with Crippen molar-refractivity contribution in [3.63, 3.8) is 0 Å². The second-order valence-electron chi connectivity index (χ2n) is 6.67. The summed E-state index contributed by atoms with van der Waals surface area (Å²) in [6, 6.07) is 13.0. The number of ketones is 1. The average Bonchev–Trinajstić information content (AvgIpc) is 3.32. The summed E-state index contributed by atoms with van der Waals surface area (Å²) >= 11 is 0. The van der Waals surface area contributed by atoms with Gasteiger partial charge >= 0.3 is 0 Å². The molecule has 0 aliphatic carbocycles. The summed E-state index contributed by atoms with van der Waals surface area (Å²) in [4.78, 5) is 31.7. The van der Waals surface area contributed by atoms with Crippen LogP contribution in [0, 0.1) is 13.8 Å². The number of hydrogen-bond donors (Lipinski definition) is 1. The summed E-state index contributed by atoms with van der Waals surface area (Å²) < 4.78 is 5.21. The number of carbonyl (C=O) groups is 2. The third-order valence-corrected chi connectivity index (χ3v) is 4.93. The number of nitrogens with zero attached hydrogens (tertiary/aromatic N) is 2. The first-order valence-corrected chi connectivity index (χ1v) is 8.82. The van der Waals surface area contributed by atoms with Crippen molar-refractivity contribution in [2.24, 2.45) is 0 Å². The molecule has 1 amide bonds. The molecule has 0 fully saturated rings. The molecule has 3 heterocycles. The monoisotopic (exact) mass is 374 g/mol. The minimum atomic E-state index is -0.853. The summed E-state index contributed by atoms with van der Waals surface area (Å²) in [7, 11) is 0. The van der Waals surface area contributed by atoms with Crippen LogP contribution in [0.25, 0.3) is 0 Å². The van der Waals surface area contributed by atoms with E-state index in [1.165, 1.54) is 17.2 Å². The lowest BCUT2D eigenvalue weighted by molar-refractivity contribution is -0.117. The van der Waals surface area contributed by atoms with Crippen molar-refractivity contribution in [3.8, 4) is 0 Å². The van der Waals surface area contributed by atoms with Crippen molar-refractivity contribution in [2.75, 3.05) is 4.90 Å². The van der Waals surface area contributed by atoms with Crippen LogP contribution in [0.2, 0.25) is 0 Å². The number of Topliss-reactive ketones (excluding diaryl/α,β-unsaturated/α-hetero) is 1. The first-order chi connectivity index (χ1) is 13.5. The van der Waals surface area contributed by atoms with Gasteiger partial charge in [-0.15, -0.1) is 0 Å². The molecule has 0 saturated carbocycles. The van der Waals surface area contributed by atoms with E-state index in [-0.39, 0.29) is 11.3 Å². The van der Waals surface area contributed by atoms with Gasteiger partial charge in [0.1, 0.15) is 6.04 Å². The Labute approximate surface area is 161 Å². The largest absolute Gasteiger partial charge is 0.503 e. The van der Waals surface area contributed by atoms with E-state index in [0.717, 1.165) is 11.1 Å². The van der Waals surface area contributed by atoms with Gasteiger partial charge in [0.25, 0.3) is 5.91 Å². The van der Waals surface area contributed by atoms with Gasteiger partial charge in [-0.1, -0.05) is 12.1 Å². The normalized spacial score (nSPS) is 16.7. The number of hydrogen-bond acceptors (Lipinski definition) is 5. The number of rotatable bonds is 4. The van der Waals surface area contributed by atoms with E-state index in [0.29, 0.717) is 11.4 Å². The first kappa shape index (κ1) is 17.7. The number of amides is 1. The summed E-state index contributed by atoms with van der Waals surface area (Å²) in [5, 5.41) is 10.6. The number of pyridine rings is 1. The second kappa shape index (κ2) is 6.81. The minimum Gasteiger partial charge on any atom is -0.503 e. The van der Waals surface area contributed by atoms with Crippen LogP contribution in [0.15, 0.2) is 76.7 Å². The Kier molecular flexibility index (Phi) is 4.31. The highest BCUT2D eigenvalue weighted by atomic mass is 16.3. The number of aliphatic hydroxyl groups excluding tert-OH is 1. The highest BCUT2D eigenvalue weighted by Crippen LogP contribution is 2.41. The standard InChI is InChI=1S/C22H18N2O4/c1-13-8-9-15(12-14(13)2)24-19(16-6-3-4-10-23-16)18(21(26)22(24)27)20(25)17-7-5-11-28-17/h3-12,19,26H,1-2H3. The fraction of sp³-hybridized carbons (Fsp3) is 0.136. The van der Waals surface area contributed by atoms with Gasteiger partial charge in [0.15, 0.2) is 11.5 Å². The van der Waals surface area contributed by atoms with E-state index >= 15 is 0 Å². The minimum absolute atomic E-state index is 0.0446. The molecule has 2 aromatic heterocycles. The van der Waals surface area contributed by atoms with Crippen molar-refractivity contribution in [1.29, 1.82) is 0 Å². The Bertz CT molecular complexity index is 1080. The molecule has 1 aromatic carbocycles. The van der Waals surface area contributed by atoms with Crippen molar-refractivity contribution >= 4 is 17.4 Å². The molecule has 6 heteroatoms. The second-order valence-corrected chi connectivity index (χ2v) is 6.67. The van der Waals surface area contributed by atoms with Crippen LogP contribution >= 0.6 is 0 Å². The molecule has 0 bridgehead atoms. The molecular weight excluding hydrogens is 356 g/mol. The van der Waals surface area contributed by atoms with Crippen LogP contribution < -0.4 is 4.90 Å². The van der Waals surface area contributed by atoms with Crippen LogP contribution in [0.4, 0.5) is 5.69 Å². The molecule has 1 aliphatic heterocycles. The maximum atomic E-state index is 13.0. The van der Waals surface area contributed by atoms with Crippen LogP contribution in [-0.2, 0) is 4.79 Å². The highest BCUT2D eigenvalue weighted by molar-refractivity contribution is 6.20. The summed E-state index contributed by atoms with van der Waals surface area (Å²) in [5.41, 5.74) is 3.09. The summed E-state index contributed by atoms with van der Waals surface area (Å²) in [5.74, 6) is -1.72. The lowest BCUT2D eigenvalue weighted by Gasteiger charge is -2.26. The summed E-state index contributed by atoms with van der Waals surface area (Å²) in [6.45, 7) is 3.92.